The van der Waals surface area contributed by atoms with Gasteiger partial charge in [0.2, 0.25) is 0 Å². The predicted molar refractivity (Wildman–Crippen MR) is 125 cm³/mol. The van der Waals surface area contributed by atoms with Gasteiger partial charge in [0.05, 0.1) is 5.78 Å². The first kappa shape index (κ1) is 20.1. The van der Waals surface area contributed by atoms with Crippen LogP contribution in [0.1, 0.15) is 6.92 Å². The van der Waals surface area contributed by atoms with Crippen molar-refractivity contribution in [3.8, 4) is 11.1 Å². The third kappa shape index (κ3) is 3.94. The summed E-state index contributed by atoms with van der Waals surface area (Å²) in [5, 5.41) is 5.09. The summed E-state index contributed by atoms with van der Waals surface area (Å²) in [6.45, 7) is 1.95. The van der Waals surface area contributed by atoms with Gasteiger partial charge in [-0.1, -0.05) is 91.0 Å². The molecule has 0 saturated carbocycles. The molecule has 0 aromatic heterocycles. The van der Waals surface area contributed by atoms with E-state index in [4.69, 9.17) is 0 Å². The largest absolute Gasteiger partial charge is 0.375 e. The molecule has 0 bridgehead atoms. The molecular formula is C26H23FNOP. The fourth-order valence-electron chi connectivity index (χ4n) is 3.73. The fourth-order valence-corrected chi connectivity index (χ4v) is 6.47. The van der Waals surface area contributed by atoms with Gasteiger partial charge in [0.1, 0.15) is 5.82 Å². The third-order valence-corrected chi connectivity index (χ3v) is 8.60. The maximum Gasteiger partial charge on any atom is 0.163 e. The molecule has 4 rings (SSSR count). The van der Waals surface area contributed by atoms with E-state index in [1.54, 1.807) is 6.07 Å². The van der Waals surface area contributed by atoms with Crippen LogP contribution in [-0.2, 0) is 4.57 Å². The molecule has 1 unspecified atom stereocenters. The van der Waals surface area contributed by atoms with Gasteiger partial charge in [-0.15, -0.1) is 0 Å². The van der Waals surface area contributed by atoms with E-state index in [1.165, 1.54) is 12.1 Å². The first-order valence-electron chi connectivity index (χ1n) is 9.91. The third-order valence-electron chi connectivity index (χ3n) is 5.25. The van der Waals surface area contributed by atoms with Crippen molar-refractivity contribution in [2.45, 2.75) is 12.7 Å². The van der Waals surface area contributed by atoms with Crippen molar-refractivity contribution in [3.63, 3.8) is 0 Å². The zero-order chi connectivity index (χ0) is 21.0. The molecule has 0 saturated heterocycles. The predicted octanol–water partition coefficient (Wildman–Crippen LogP) is 6.26. The molecule has 4 aromatic carbocycles. The highest BCUT2D eigenvalue weighted by Crippen LogP contribution is 2.49. The van der Waals surface area contributed by atoms with Crippen LogP contribution in [0.25, 0.3) is 11.1 Å². The van der Waals surface area contributed by atoms with Gasteiger partial charge in [0.15, 0.2) is 7.14 Å². The normalized spacial score (nSPS) is 12.3. The number of para-hydroxylation sites is 1. The van der Waals surface area contributed by atoms with E-state index >= 15 is 0 Å². The molecule has 0 amide bonds. The second kappa shape index (κ2) is 8.69. The van der Waals surface area contributed by atoms with E-state index < -0.39 is 7.14 Å². The van der Waals surface area contributed by atoms with Gasteiger partial charge in [-0.2, -0.15) is 0 Å². The van der Waals surface area contributed by atoms with Crippen LogP contribution in [-0.4, -0.2) is 5.78 Å². The number of hydrogen-bond donors (Lipinski definition) is 1. The van der Waals surface area contributed by atoms with Crippen LogP contribution in [0, 0.1) is 5.82 Å². The maximum absolute atomic E-state index is 14.5. The van der Waals surface area contributed by atoms with Crippen LogP contribution in [0.2, 0.25) is 0 Å². The molecule has 4 aromatic rings. The van der Waals surface area contributed by atoms with Crippen LogP contribution in [0.3, 0.4) is 0 Å². The lowest BCUT2D eigenvalue weighted by molar-refractivity contribution is 0.582. The molecule has 150 valence electrons. The Labute approximate surface area is 176 Å². The number of nitrogens with one attached hydrogen (secondary N) is 1. The number of halogens is 1. The van der Waals surface area contributed by atoms with Gasteiger partial charge < -0.3 is 9.88 Å². The molecule has 30 heavy (non-hydrogen) atoms. The lowest BCUT2D eigenvalue weighted by Crippen LogP contribution is -2.29. The zero-order valence-corrected chi connectivity index (χ0v) is 17.6. The van der Waals surface area contributed by atoms with E-state index in [2.05, 4.69) is 5.32 Å². The van der Waals surface area contributed by atoms with E-state index in [0.29, 0.717) is 0 Å². The molecular weight excluding hydrogens is 392 g/mol. The van der Waals surface area contributed by atoms with E-state index in [0.717, 1.165) is 27.4 Å². The molecule has 0 aliphatic rings. The number of anilines is 1. The molecule has 0 radical (unpaired) electrons. The zero-order valence-electron chi connectivity index (χ0n) is 16.7. The standard InChI is InChI=1S/C26H23FNOP/c1-20(28-26-18-9-8-17-25(26)21-11-10-12-22(27)19-21)30(29,23-13-4-2-5-14-23)24-15-6-3-7-16-24/h2-20,28H,1H3. The van der Waals surface area contributed by atoms with Gasteiger partial charge >= 0.3 is 0 Å². The Balaban J connectivity index is 1.77. The van der Waals surface area contributed by atoms with Crippen LogP contribution in [0.4, 0.5) is 10.1 Å². The van der Waals surface area contributed by atoms with Gasteiger partial charge in [-0.05, 0) is 30.7 Å². The Bertz CT molecular complexity index is 1130. The Morgan fingerprint density at radius 1 is 0.733 bits per heavy atom. The molecule has 1 atom stereocenters. The maximum atomic E-state index is 14.5. The Morgan fingerprint density at radius 3 is 1.90 bits per heavy atom. The first-order valence-corrected chi connectivity index (χ1v) is 11.7. The van der Waals surface area contributed by atoms with Crippen molar-refractivity contribution in [1.82, 2.24) is 0 Å². The molecule has 1 N–H and O–H groups in total. The number of hydrogen-bond acceptors (Lipinski definition) is 2. The molecule has 0 fully saturated rings. The van der Waals surface area contributed by atoms with E-state index in [-0.39, 0.29) is 11.6 Å². The average molecular weight is 415 g/mol. The van der Waals surface area contributed by atoms with Gasteiger partial charge in [0, 0.05) is 21.9 Å². The fraction of sp³-hybridized carbons (Fsp3) is 0.0769. The Morgan fingerprint density at radius 2 is 1.30 bits per heavy atom. The molecule has 0 heterocycles. The topological polar surface area (TPSA) is 29.1 Å². The van der Waals surface area contributed by atoms with E-state index in [1.807, 2.05) is 97.9 Å². The van der Waals surface area contributed by atoms with Crippen LogP contribution in [0.5, 0.6) is 0 Å². The minimum absolute atomic E-state index is 0.283. The van der Waals surface area contributed by atoms with Gasteiger partial charge in [-0.25, -0.2) is 4.39 Å². The summed E-state index contributed by atoms with van der Waals surface area (Å²) >= 11 is 0. The second-order valence-corrected chi connectivity index (χ2v) is 10.3. The summed E-state index contributed by atoms with van der Waals surface area (Å²) in [4.78, 5) is 0. The minimum atomic E-state index is -2.99. The first-order chi connectivity index (χ1) is 14.6. The summed E-state index contributed by atoms with van der Waals surface area (Å²) in [6.07, 6.45) is 0. The SMILES string of the molecule is CC(Nc1ccccc1-c1cccc(F)c1)P(=O)(c1ccccc1)c1ccccc1. The average Bonchev–Trinajstić information content (AvgIpc) is 2.80. The molecule has 0 aliphatic carbocycles. The summed E-state index contributed by atoms with van der Waals surface area (Å²) in [5.41, 5.74) is 2.47. The highest BCUT2D eigenvalue weighted by molar-refractivity contribution is 7.79. The van der Waals surface area contributed by atoms with Crippen molar-refractivity contribution < 1.29 is 8.96 Å². The second-order valence-electron chi connectivity index (χ2n) is 7.21. The Kier molecular flexibility index (Phi) is 5.83. The van der Waals surface area contributed by atoms with E-state index in [9.17, 15) is 8.96 Å². The molecule has 0 spiro atoms. The van der Waals surface area contributed by atoms with Crippen LogP contribution < -0.4 is 15.9 Å². The highest BCUT2D eigenvalue weighted by atomic mass is 31.2. The number of rotatable bonds is 6. The molecule has 4 heteroatoms. The van der Waals surface area contributed by atoms with Crippen molar-refractivity contribution in [2.24, 2.45) is 0 Å². The lowest BCUT2D eigenvalue weighted by atomic mass is 10.0. The summed E-state index contributed by atoms with van der Waals surface area (Å²) in [6, 6.07) is 33.4. The van der Waals surface area contributed by atoms with Crippen molar-refractivity contribution in [3.05, 3.63) is 115 Å². The Hall–Kier alpha value is -3.16. The van der Waals surface area contributed by atoms with Crippen LogP contribution in [0.15, 0.2) is 109 Å². The molecule has 0 aliphatic heterocycles. The minimum Gasteiger partial charge on any atom is -0.375 e. The smallest absolute Gasteiger partial charge is 0.163 e. The lowest BCUT2D eigenvalue weighted by Gasteiger charge is -2.28. The molecule has 2 nitrogen and oxygen atoms in total. The number of benzene rings is 4. The summed E-state index contributed by atoms with van der Waals surface area (Å²) in [7, 11) is -2.99. The van der Waals surface area contributed by atoms with Crippen molar-refractivity contribution in [2.75, 3.05) is 5.32 Å². The van der Waals surface area contributed by atoms with Gasteiger partial charge in [0.25, 0.3) is 0 Å². The van der Waals surface area contributed by atoms with Crippen molar-refractivity contribution in [1.29, 1.82) is 0 Å². The monoisotopic (exact) mass is 415 g/mol. The highest BCUT2D eigenvalue weighted by Gasteiger charge is 2.34. The summed E-state index contributed by atoms with van der Waals surface area (Å²) < 4.78 is 28.3. The van der Waals surface area contributed by atoms with Gasteiger partial charge in [-0.3, -0.25) is 0 Å². The summed E-state index contributed by atoms with van der Waals surface area (Å²) in [5.74, 6) is -0.647. The van der Waals surface area contributed by atoms with Crippen molar-refractivity contribution >= 4 is 23.4 Å². The quantitative estimate of drug-likeness (QED) is 0.376. The van der Waals surface area contributed by atoms with Crippen LogP contribution >= 0.6 is 7.14 Å².